The zero-order chi connectivity index (χ0) is 29.8. The minimum Gasteiger partial charge on any atom is -0.368 e. The third kappa shape index (κ3) is 10.7. The van der Waals surface area contributed by atoms with Crippen molar-refractivity contribution in [3.63, 3.8) is 0 Å². The highest BCUT2D eigenvalue weighted by Gasteiger charge is 2.06. The number of carbonyl (C=O) groups excluding carboxylic acids is 1. The molecule has 0 atom stereocenters. The van der Waals surface area contributed by atoms with Crippen molar-refractivity contribution in [1.29, 1.82) is 0 Å². The Morgan fingerprint density at radius 2 is 1.08 bits per heavy atom. The Morgan fingerprint density at radius 3 is 1.29 bits per heavy atom. The summed E-state index contributed by atoms with van der Waals surface area (Å²) in [4.78, 5) is 9.97. The lowest BCUT2D eigenvalue weighted by Crippen LogP contribution is -2.26. The molecule has 2 aromatic carbocycles. The summed E-state index contributed by atoms with van der Waals surface area (Å²) in [5.74, 6) is -0.562. The van der Waals surface area contributed by atoms with E-state index >= 15 is 0 Å². The van der Waals surface area contributed by atoms with Crippen LogP contribution in [0.3, 0.4) is 0 Å². The van der Waals surface area contributed by atoms with Crippen LogP contribution in [0.2, 0.25) is 0 Å². The highest BCUT2D eigenvalue weighted by Crippen LogP contribution is 2.23. The summed E-state index contributed by atoms with van der Waals surface area (Å²) in [6.45, 7) is 15.1. The van der Waals surface area contributed by atoms with E-state index in [2.05, 4.69) is 99.5 Å². The van der Waals surface area contributed by atoms with Crippen molar-refractivity contribution in [1.82, 2.24) is 13.9 Å². The molecule has 9 heteroatoms. The number of nitrogens with zero attached hydrogens (tertiary/aromatic N) is 2. The van der Waals surface area contributed by atoms with Crippen molar-refractivity contribution in [3.8, 4) is 0 Å². The van der Waals surface area contributed by atoms with E-state index in [0.717, 1.165) is 13.2 Å². The Kier molecular flexibility index (Phi) is 14.6. The lowest BCUT2D eigenvalue weighted by molar-refractivity contribution is -0.117. The van der Waals surface area contributed by atoms with Gasteiger partial charge in [0.2, 0.25) is 15.9 Å². The smallest absolute Gasteiger partial charge is 0.231 e. The molecular weight excluding hydrogens is 502 g/mol. The summed E-state index contributed by atoms with van der Waals surface area (Å²) < 4.78 is 26.4. The number of para-hydroxylation sites is 2. The van der Waals surface area contributed by atoms with Gasteiger partial charge in [-0.1, -0.05) is 50.2 Å². The van der Waals surface area contributed by atoms with Crippen molar-refractivity contribution >= 4 is 37.7 Å². The molecule has 0 spiro atoms. The SMILES string of the molecule is CC.CC(=O)NS(C)(=O)=O.CC(O)O.Cc1c(C)n(C)c2ccccc12.Cc1c(C)n(C)c2ccccc12. The van der Waals surface area contributed by atoms with E-state index in [-0.39, 0.29) is 0 Å². The standard InChI is InChI=1S/2C11H13N.C3H7NO3S.C2H6O2.C2H6/c2*1-8-9(2)12(3)11-7-5-4-6-10(8)11;1-3(5)4-8(2,6)7;1-2(3)4;1-2/h2*4-7H,1-3H3;1-2H3,(H,4,5);2-4H,1H3;1-2H3. The Balaban J connectivity index is 0.000000499. The number of rotatable bonds is 1. The fourth-order valence-electron chi connectivity index (χ4n) is 3.68. The number of benzene rings is 2. The number of amides is 1. The predicted octanol–water partition coefficient (Wildman–Crippen LogP) is 5.02. The van der Waals surface area contributed by atoms with Gasteiger partial charge in [0.15, 0.2) is 0 Å². The zero-order valence-electron chi connectivity index (χ0n) is 24.6. The maximum atomic E-state index is 10.1. The highest BCUT2D eigenvalue weighted by molar-refractivity contribution is 7.89. The first-order valence-electron chi connectivity index (χ1n) is 12.4. The van der Waals surface area contributed by atoms with Gasteiger partial charge >= 0.3 is 0 Å². The molecule has 212 valence electrons. The fourth-order valence-corrected chi connectivity index (χ4v) is 4.20. The molecule has 2 aromatic heterocycles. The van der Waals surface area contributed by atoms with Crippen LogP contribution in [-0.2, 0) is 28.9 Å². The summed E-state index contributed by atoms with van der Waals surface area (Å²) in [5.41, 5.74) is 8.16. The van der Waals surface area contributed by atoms with Gasteiger partial charge < -0.3 is 19.3 Å². The van der Waals surface area contributed by atoms with Crippen LogP contribution >= 0.6 is 0 Å². The number of aryl methyl sites for hydroxylation is 4. The molecule has 38 heavy (non-hydrogen) atoms. The number of sulfonamides is 1. The first kappa shape index (κ1) is 34.9. The zero-order valence-corrected chi connectivity index (χ0v) is 25.4. The molecule has 0 aliphatic rings. The Hall–Kier alpha value is -3.14. The van der Waals surface area contributed by atoms with Crippen molar-refractivity contribution in [2.75, 3.05) is 6.26 Å². The number of aromatic nitrogens is 2. The average Bonchev–Trinajstić information content (AvgIpc) is 3.20. The predicted molar refractivity (Wildman–Crippen MR) is 159 cm³/mol. The molecule has 0 unspecified atom stereocenters. The van der Waals surface area contributed by atoms with Crippen LogP contribution in [-0.4, -0.2) is 46.2 Å². The Labute approximate surface area is 228 Å². The molecule has 0 saturated carbocycles. The fraction of sp³-hybridized carbons (Fsp3) is 0.414. The van der Waals surface area contributed by atoms with E-state index in [9.17, 15) is 13.2 Å². The number of nitrogens with one attached hydrogen (secondary N) is 1. The Bertz CT molecular complexity index is 1250. The molecule has 8 nitrogen and oxygen atoms in total. The maximum absolute atomic E-state index is 10.1. The van der Waals surface area contributed by atoms with Crippen molar-refractivity contribution in [2.45, 2.75) is 61.7 Å². The minimum absolute atomic E-state index is 0.562. The topological polar surface area (TPSA) is 114 Å². The minimum atomic E-state index is -3.32. The van der Waals surface area contributed by atoms with E-state index in [1.165, 1.54) is 51.2 Å². The van der Waals surface area contributed by atoms with E-state index in [1.807, 2.05) is 13.8 Å². The third-order valence-corrected chi connectivity index (χ3v) is 6.42. The summed E-state index contributed by atoms with van der Waals surface area (Å²) >= 11 is 0. The van der Waals surface area contributed by atoms with Gasteiger partial charge in [0.05, 0.1) is 6.26 Å². The lowest BCUT2D eigenvalue weighted by Gasteiger charge is -1.96. The number of hydrogen-bond donors (Lipinski definition) is 3. The average molecular weight is 548 g/mol. The number of carbonyl (C=O) groups is 1. The maximum Gasteiger partial charge on any atom is 0.231 e. The Morgan fingerprint density at radius 1 is 0.789 bits per heavy atom. The highest BCUT2D eigenvalue weighted by atomic mass is 32.2. The van der Waals surface area contributed by atoms with Crippen LogP contribution in [0.1, 0.15) is 50.2 Å². The molecular formula is C29H45N3O5S. The van der Waals surface area contributed by atoms with E-state index in [1.54, 1.807) is 4.72 Å². The van der Waals surface area contributed by atoms with Crippen molar-refractivity contribution < 1.29 is 23.4 Å². The second kappa shape index (κ2) is 16.0. The summed E-state index contributed by atoms with van der Waals surface area (Å²) in [6, 6.07) is 17.0. The van der Waals surface area contributed by atoms with Gasteiger partial charge in [-0.25, -0.2) is 8.42 Å². The quantitative estimate of drug-likeness (QED) is 0.290. The number of fused-ring (bicyclic) bond motifs is 2. The molecule has 1 amide bonds. The summed E-state index contributed by atoms with van der Waals surface area (Å²) in [6.07, 6.45) is -0.242. The van der Waals surface area contributed by atoms with E-state index in [0.29, 0.717) is 0 Å². The van der Waals surface area contributed by atoms with Crippen LogP contribution < -0.4 is 4.72 Å². The number of aliphatic hydroxyl groups is 2. The van der Waals surface area contributed by atoms with E-state index in [4.69, 9.17) is 10.2 Å². The van der Waals surface area contributed by atoms with Gasteiger partial charge in [0, 0.05) is 54.2 Å². The first-order valence-corrected chi connectivity index (χ1v) is 14.3. The molecule has 3 N–H and O–H groups in total. The van der Waals surface area contributed by atoms with Crippen molar-refractivity contribution in [2.24, 2.45) is 14.1 Å². The van der Waals surface area contributed by atoms with Crippen LogP contribution in [0.15, 0.2) is 48.5 Å². The summed E-state index contributed by atoms with van der Waals surface area (Å²) in [5, 5.41) is 18.0. The van der Waals surface area contributed by atoms with Gasteiger partial charge in [-0.05, 0) is 57.9 Å². The van der Waals surface area contributed by atoms with E-state index < -0.39 is 22.2 Å². The molecule has 0 saturated heterocycles. The summed E-state index contributed by atoms with van der Waals surface area (Å²) in [7, 11) is 0.909. The van der Waals surface area contributed by atoms with Gasteiger partial charge in [-0.3, -0.25) is 9.52 Å². The molecule has 4 rings (SSSR count). The first-order chi connectivity index (χ1) is 17.6. The van der Waals surface area contributed by atoms with Crippen LogP contribution in [0.5, 0.6) is 0 Å². The van der Waals surface area contributed by atoms with Gasteiger partial charge in [0.25, 0.3) is 0 Å². The second-order valence-electron chi connectivity index (χ2n) is 8.64. The number of aliphatic hydroxyl groups excluding tert-OH is 1. The van der Waals surface area contributed by atoms with Crippen LogP contribution in [0, 0.1) is 27.7 Å². The monoisotopic (exact) mass is 547 g/mol. The molecule has 0 fully saturated rings. The van der Waals surface area contributed by atoms with Gasteiger partial charge in [-0.15, -0.1) is 0 Å². The molecule has 2 heterocycles. The second-order valence-corrected chi connectivity index (χ2v) is 10.4. The normalized spacial score (nSPS) is 10.3. The van der Waals surface area contributed by atoms with Crippen LogP contribution in [0.25, 0.3) is 21.8 Å². The molecule has 0 aliphatic heterocycles. The lowest BCUT2D eigenvalue weighted by atomic mass is 10.2. The van der Waals surface area contributed by atoms with Crippen molar-refractivity contribution in [3.05, 3.63) is 71.0 Å². The largest absolute Gasteiger partial charge is 0.368 e. The molecule has 0 radical (unpaired) electrons. The molecule has 0 bridgehead atoms. The molecule has 4 aromatic rings. The molecule has 0 aliphatic carbocycles. The van der Waals surface area contributed by atoms with Gasteiger partial charge in [-0.2, -0.15) is 0 Å². The third-order valence-electron chi connectivity index (χ3n) is 5.76. The number of hydrogen-bond acceptors (Lipinski definition) is 5. The van der Waals surface area contributed by atoms with Gasteiger partial charge in [0.1, 0.15) is 6.29 Å². The van der Waals surface area contributed by atoms with Crippen LogP contribution in [0.4, 0.5) is 0 Å².